The molecule has 0 bridgehead atoms. The third-order valence-electron chi connectivity index (χ3n) is 5.29. The van der Waals surface area contributed by atoms with Gasteiger partial charge in [-0.1, -0.05) is 72.8 Å². The Labute approximate surface area is 175 Å². The highest BCUT2D eigenvalue weighted by atomic mass is 19.1. The summed E-state index contributed by atoms with van der Waals surface area (Å²) in [6, 6.07) is 40.1. The van der Waals surface area contributed by atoms with Crippen LogP contribution in [0.15, 0.2) is 121 Å². The lowest BCUT2D eigenvalue weighted by Crippen LogP contribution is -2.11. The molecule has 1 nitrogen and oxygen atoms in total. The molecule has 0 fully saturated rings. The highest BCUT2D eigenvalue weighted by Gasteiger charge is 2.18. The SMILES string of the molecule is Fc1ccc(-c2cc3ccccc3cc2N(c2ccccc2)c2ccccc2)cc1. The van der Waals surface area contributed by atoms with Crippen molar-refractivity contribution in [2.45, 2.75) is 0 Å². The fourth-order valence-corrected chi connectivity index (χ4v) is 3.86. The fraction of sp³-hybridized carbons (Fsp3) is 0. The average molecular weight is 389 g/mol. The van der Waals surface area contributed by atoms with Crippen LogP contribution in [0.1, 0.15) is 0 Å². The summed E-state index contributed by atoms with van der Waals surface area (Å²) in [5.41, 5.74) is 5.23. The van der Waals surface area contributed by atoms with E-state index in [0.717, 1.165) is 39.0 Å². The molecule has 0 heterocycles. The maximum absolute atomic E-state index is 13.6. The van der Waals surface area contributed by atoms with Gasteiger partial charge in [-0.25, -0.2) is 4.39 Å². The Morgan fingerprint density at radius 3 is 1.57 bits per heavy atom. The Bertz CT molecular complexity index is 1240. The highest BCUT2D eigenvalue weighted by molar-refractivity contribution is 5.98. The van der Waals surface area contributed by atoms with Crippen molar-refractivity contribution in [3.8, 4) is 11.1 Å². The van der Waals surface area contributed by atoms with E-state index < -0.39 is 0 Å². The Hall–Kier alpha value is -3.91. The second kappa shape index (κ2) is 7.84. The molecule has 0 aliphatic heterocycles. The van der Waals surface area contributed by atoms with Crippen molar-refractivity contribution in [2.75, 3.05) is 4.90 Å². The summed E-state index contributed by atoms with van der Waals surface area (Å²) in [5.74, 6) is -0.232. The third kappa shape index (κ3) is 3.44. The molecule has 0 amide bonds. The van der Waals surface area contributed by atoms with Crippen LogP contribution < -0.4 is 4.90 Å². The molecular weight excluding hydrogens is 369 g/mol. The van der Waals surface area contributed by atoms with Crippen LogP contribution in [-0.2, 0) is 0 Å². The highest BCUT2D eigenvalue weighted by Crippen LogP contribution is 2.42. The maximum Gasteiger partial charge on any atom is 0.123 e. The Balaban J connectivity index is 1.82. The molecule has 0 spiro atoms. The van der Waals surface area contributed by atoms with E-state index in [1.807, 2.05) is 54.6 Å². The monoisotopic (exact) mass is 389 g/mol. The predicted molar refractivity (Wildman–Crippen MR) is 124 cm³/mol. The van der Waals surface area contributed by atoms with Crippen LogP contribution in [0.4, 0.5) is 21.5 Å². The summed E-state index contributed by atoms with van der Waals surface area (Å²) >= 11 is 0. The van der Waals surface area contributed by atoms with E-state index in [2.05, 4.69) is 59.5 Å². The predicted octanol–water partition coefficient (Wildman–Crippen LogP) is 8.12. The van der Waals surface area contributed by atoms with Gasteiger partial charge in [-0.3, -0.25) is 0 Å². The van der Waals surface area contributed by atoms with E-state index in [4.69, 9.17) is 0 Å². The normalized spacial score (nSPS) is 10.8. The molecule has 0 aromatic heterocycles. The summed E-state index contributed by atoms with van der Waals surface area (Å²) in [6.07, 6.45) is 0. The van der Waals surface area contributed by atoms with Crippen LogP contribution in [0, 0.1) is 5.82 Å². The minimum absolute atomic E-state index is 0.232. The summed E-state index contributed by atoms with van der Waals surface area (Å²) in [7, 11) is 0. The molecule has 5 aromatic rings. The van der Waals surface area contributed by atoms with E-state index in [1.54, 1.807) is 0 Å². The number of benzene rings is 5. The largest absolute Gasteiger partial charge is 0.310 e. The van der Waals surface area contributed by atoms with Gasteiger partial charge in [0.25, 0.3) is 0 Å². The topological polar surface area (TPSA) is 3.24 Å². The van der Waals surface area contributed by atoms with Gasteiger partial charge in [0.15, 0.2) is 0 Å². The van der Waals surface area contributed by atoms with Crippen molar-refractivity contribution < 1.29 is 4.39 Å². The summed E-state index contributed by atoms with van der Waals surface area (Å²) in [5, 5.41) is 2.32. The van der Waals surface area contributed by atoms with Crippen LogP contribution in [0.25, 0.3) is 21.9 Å². The van der Waals surface area contributed by atoms with Crippen molar-refractivity contribution >= 4 is 27.8 Å². The molecule has 5 rings (SSSR count). The van der Waals surface area contributed by atoms with Gasteiger partial charge < -0.3 is 4.90 Å². The Morgan fingerprint density at radius 2 is 1.00 bits per heavy atom. The molecule has 5 aromatic carbocycles. The first-order valence-electron chi connectivity index (χ1n) is 9.98. The van der Waals surface area contributed by atoms with Gasteiger partial charge in [0.2, 0.25) is 0 Å². The van der Waals surface area contributed by atoms with E-state index in [0.29, 0.717) is 0 Å². The lowest BCUT2D eigenvalue weighted by atomic mass is 9.97. The number of hydrogen-bond donors (Lipinski definition) is 0. The van der Waals surface area contributed by atoms with Crippen molar-refractivity contribution in [2.24, 2.45) is 0 Å². The van der Waals surface area contributed by atoms with E-state index in [-0.39, 0.29) is 5.82 Å². The number of halogens is 1. The molecule has 2 heteroatoms. The molecule has 0 radical (unpaired) electrons. The van der Waals surface area contributed by atoms with E-state index in [9.17, 15) is 4.39 Å². The van der Waals surface area contributed by atoms with Gasteiger partial charge in [-0.15, -0.1) is 0 Å². The van der Waals surface area contributed by atoms with Crippen molar-refractivity contribution in [3.05, 3.63) is 127 Å². The molecule has 0 saturated carbocycles. The minimum atomic E-state index is -0.232. The number of para-hydroxylation sites is 2. The average Bonchev–Trinajstić information content (AvgIpc) is 2.81. The van der Waals surface area contributed by atoms with Gasteiger partial charge in [0.1, 0.15) is 5.82 Å². The standard InChI is InChI=1S/C28H20FN/c29-24-17-15-21(16-18-24)27-19-22-9-7-8-10-23(22)20-28(27)30(25-11-3-1-4-12-25)26-13-5-2-6-14-26/h1-20H. The molecule has 0 unspecified atom stereocenters. The zero-order valence-electron chi connectivity index (χ0n) is 16.4. The van der Waals surface area contributed by atoms with Gasteiger partial charge in [-0.05, 0) is 64.9 Å². The maximum atomic E-state index is 13.6. The molecule has 0 N–H and O–H groups in total. The summed E-state index contributed by atoms with van der Waals surface area (Å²) < 4.78 is 13.6. The Kier molecular flexibility index (Phi) is 4.74. The molecule has 0 aliphatic rings. The molecule has 0 saturated heterocycles. The van der Waals surface area contributed by atoms with Crippen LogP contribution >= 0.6 is 0 Å². The van der Waals surface area contributed by atoms with Gasteiger partial charge >= 0.3 is 0 Å². The van der Waals surface area contributed by atoms with Crippen LogP contribution in [-0.4, -0.2) is 0 Å². The zero-order chi connectivity index (χ0) is 20.3. The van der Waals surface area contributed by atoms with Crippen LogP contribution in [0.2, 0.25) is 0 Å². The first-order chi connectivity index (χ1) is 14.8. The second-order valence-electron chi connectivity index (χ2n) is 7.23. The fourth-order valence-electron chi connectivity index (χ4n) is 3.86. The Morgan fingerprint density at radius 1 is 0.500 bits per heavy atom. The van der Waals surface area contributed by atoms with Gasteiger partial charge in [-0.2, -0.15) is 0 Å². The minimum Gasteiger partial charge on any atom is -0.310 e. The smallest absolute Gasteiger partial charge is 0.123 e. The number of anilines is 3. The number of rotatable bonds is 4. The molecule has 0 atom stereocenters. The number of hydrogen-bond acceptors (Lipinski definition) is 1. The van der Waals surface area contributed by atoms with Crippen LogP contribution in [0.5, 0.6) is 0 Å². The summed E-state index contributed by atoms with van der Waals surface area (Å²) in [6.45, 7) is 0. The van der Waals surface area contributed by atoms with Crippen LogP contribution in [0.3, 0.4) is 0 Å². The second-order valence-corrected chi connectivity index (χ2v) is 7.23. The number of fused-ring (bicyclic) bond motifs is 1. The third-order valence-corrected chi connectivity index (χ3v) is 5.29. The molecule has 144 valence electrons. The number of nitrogens with zero attached hydrogens (tertiary/aromatic N) is 1. The van der Waals surface area contributed by atoms with Gasteiger partial charge in [0, 0.05) is 16.9 Å². The summed E-state index contributed by atoms with van der Waals surface area (Å²) in [4.78, 5) is 2.26. The van der Waals surface area contributed by atoms with Crippen molar-refractivity contribution in [1.82, 2.24) is 0 Å². The van der Waals surface area contributed by atoms with Crippen molar-refractivity contribution in [1.29, 1.82) is 0 Å². The molecule has 30 heavy (non-hydrogen) atoms. The van der Waals surface area contributed by atoms with Gasteiger partial charge in [0.05, 0.1) is 5.69 Å². The molecule has 0 aliphatic carbocycles. The lowest BCUT2D eigenvalue weighted by Gasteiger charge is -2.28. The first kappa shape index (κ1) is 18.1. The lowest BCUT2D eigenvalue weighted by molar-refractivity contribution is 0.628. The van der Waals surface area contributed by atoms with E-state index in [1.165, 1.54) is 12.1 Å². The quantitative estimate of drug-likeness (QED) is 0.300. The van der Waals surface area contributed by atoms with E-state index >= 15 is 0 Å². The first-order valence-corrected chi connectivity index (χ1v) is 9.98. The molecular formula is C28H20FN. The van der Waals surface area contributed by atoms with Crippen molar-refractivity contribution in [3.63, 3.8) is 0 Å². The zero-order valence-corrected chi connectivity index (χ0v) is 16.4.